The van der Waals surface area contributed by atoms with Crippen LogP contribution < -0.4 is 0 Å². The van der Waals surface area contributed by atoms with Gasteiger partial charge in [-0.1, -0.05) is 6.42 Å². The van der Waals surface area contributed by atoms with Gasteiger partial charge >= 0.3 is 0 Å². The van der Waals surface area contributed by atoms with Gasteiger partial charge in [0.2, 0.25) is 0 Å². The molecule has 0 atom stereocenters. The van der Waals surface area contributed by atoms with Crippen LogP contribution in [0.3, 0.4) is 0 Å². The molecule has 4 nitrogen and oxygen atoms in total. The number of hydrazine groups is 1. The minimum absolute atomic E-state index is 0.538. The first-order valence-corrected chi connectivity index (χ1v) is 3.23. The van der Waals surface area contributed by atoms with Crippen LogP contribution in [0, 0.1) is 0 Å². The van der Waals surface area contributed by atoms with Gasteiger partial charge in [-0.05, 0) is 12.8 Å². The summed E-state index contributed by atoms with van der Waals surface area (Å²) in [4.78, 5) is 0. The lowest BCUT2D eigenvalue weighted by molar-refractivity contribution is -0.363. The van der Waals surface area contributed by atoms with Crippen molar-refractivity contribution in [2.75, 3.05) is 13.1 Å². The van der Waals surface area contributed by atoms with Crippen LogP contribution in [0.2, 0.25) is 0 Å². The molecule has 1 fully saturated rings. The Bertz CT molecular complexity index is 79.0. The zero-order valence-electron chi connectivity index (χ0n) is 5.32. The topological polar surface area (TPSA) is 46.9 Å². The maximum Gasteiger partial charge on any atom is 0.0424 e. The molecule has 1 saturated heterocycles. The van der Waals surface area contributed by atoms with Gasteiger partial charge in [0.05, 0.1) is 0 Å². The van der Waals surface area contributed by atoms with E-state index < -0.39 is 0 Å². The van der Waals surface area contributed by atoms with Gasteiger partial charge in [0.25, 0.3) is 0 Å². The molecule has 1 heterocycles. The van der Waals surface area contributed by atoms with E-state index in [-0.39, 0.29) is 0 Å². The lowest BCUT2D eigenvalue weighted by atomic mass is 10.2. The lowest BCUT2D eigenvalue weighted by Crippen LogP contribution is -2.37. The largest absolute Gasteiger partial charge is 0.297 e. The molecule has 0 saturated carbocycles. The molecule has 0 aromatic carbocycles. The highest BCUT2D eigenvalue weighted by Crippen LogP contribution is 2.05. The molecule has 9 heavy (non-hydrogen) atoms. The minimum atomic E-state index is 0.538. The summed E-state index contributed by atoms with van der Waals surface area (Å²) in [6, 6.07) is 0. The average molecular weight is 132 g/mol. The van der Waals surface area contributed by atoms with Gasteiger partial charge in [0.1, 0.15) is 0 Å². The Hall–Kier alpha value is -0.160. The molecule has 1 aliphatic heterocycles. The standard InChI is InChI=1S/C5H12N2O2/c8-6-4-2-1-3-5-7(6)9/h8-9H,1-5H2. The van der Waals surface area contributed by atoms with Gasteiger partial charge in [0.15, 0.2) is 0 Å². The van der Waals surface area contributed by atoms with Crippen molar-refractivity contribution in [3.8, 4) is 0 Å². The maximum atomic E-state index is 8.87. The first kappa shape index (κ1) is 6.95. The normalized spacial score (nSPS) is 26.0. The fourth-order valence-corrected chi connectivity index (χ4v) is 0.914. The van der Waals surface area contributed by atoms with Crippen molar-refractivity contribution in [1.82, 2.24) is 10.3 Å². The number of hydroxylamine groups is 2. The summed E-state index contributed by atoms with van der Waals surface area (Å²) in [6.07, 6.45) is 2.98. The Morgan fingerprint density at radius 3 is 1.67 bits per heavy atom. The molecular weight excluding hydrogens is 120 g/mol. The van der Waals surface area contributed by atoms with E-state index in [1.165, 1.54) is 0 Å². The molecule has 0 radical (unpaired) electrons. The number of hydrogen-bond acceptors (Lipinski definition) is 4. The average Bonchev–Trinajstić information content (AvgIpc) is 1.99. The smallest absolute Gasteiger partial charge is 0.0424 e. The number of hydrogen-bond donors (Lipinski definition) is 2. The molecule has 0 aromatic rings. The fraction of sp³-hybridized carbons (Fsp3) is 1.00. The molecule has 4 heteroatoms. The van der Waals surface area contributed by atoms with Crippen LogP contribution in [0.15, 0.2) is 0 Å². The molecule has 1 rings (SSSR count). The molecule has 0 unspecified atom stereocenters. The van der Waals surface area contributed by atoms with E-state index in [4.69, 9.17) is 10.4 Å². The summed E-state index contributed by atoms with van der Waals surface area (Å²) in [6.45, 7) is 1.08. The third-order valence-electron chi connectivity index (χ3n) is 1.48. The molecule has 0 aliphatic carbocycles. The highest BCUT2D eigenvalue weighted by molar-refractivity contribution is 4.50. The van der Waals surface area contributed by atoms with Crippen LogP contribution in [0.4, 0.5) is 0 Å². The first-order valence-electron chi connectivity index (χ1n) is 3.23. The third-order valence-corrected chi connectivity index (χ3v) is 1.48. The Morgan fingerprint density at radius 2 is 1.22 bits per heavy atom. The second-order valence-electron chi connectivity index (χ2n) is 2.25. The highest BCUT2D eigenvalue weighted by Gasteiger charge is 2.12. The molecule has 0 amide bonds. The molecule has 54 valence electrons. The molecule has 0 aromatic heterocycles. The summed E-state index contributed by atoms with van der Waals surface area (Å²) in [5.41, 5.74) is 0. The van der Waals surface area contributed by atoms with E-state index >= 15 is 0 Å². The molecule has 0 bridgehead atoms. The van der Waals surface area contributed by atoms with Crippen molar-refractivity contribution in [2.24, 2.45) is 0 Å². The predicted molar refractivity (Wildman–Crippen MR) is 30.8 cm³/mol. The SMILES string of the molecule is ON1CCCCCN1O. The van der Waals surface area contributed by atoms with E-state index in [0.717, 1.165) is 29.6 Å². The summed E-state index contributed by atoms with van der Waals surface area (Å²) in [7, 11) is 0. The van der Waals surface area contributed by atoms with Gasteiger partial charge < -0.3 is 0 Å². The van der Waals surface area contributed by atoms with Gasteiger partial charge in [-0.2, -0.15) is 0 Å². The van der Waals surface area contributed by atoms with Crippen molar-refractivity contribution in [3.05, 3.63) is 0 Å². The van der Waals surface area contributed by atoms with Crippen molar-refractivity contribution in [2.45, 2.75) is 19.3 Å². The molecule has 1 aliphatic rings. The molecule has 2 N–H and O–H groups in total. The van der Waals surface area contributed by atoms with E-state index in [2.05, 4.69) is 0 Å². The van der Waals surface area contributed by atoms with Crippen molar-refractivity contribution in [1.29, 1.82) is 0 Å². The second kappa shape index (κ2) is 3.12. The zero-order valence-corrected chi connectivity index (χ0v) is 5.32. The molecular formula is C5H12N2O2. The Labute approximate surface area is 54.2 Å². The Morgan fingerprint density at radius 1 is 0.778 bits per heavy atom. The van der Waals surface area contributed by atoms with Crippen LogP contribution in [0.1, 0.15) is 19.3 Å². The van der Waals surface area contributed by atoms with E-state index in [1.807, 2.05) is 0 Å². The van der Waals surface area contributed by atoms with Crippen molar-refractivity contribution < 1.29 is 10.4 Å². The van der Waals surface area contributed by atoms with E-state index in [0.29, 0.717) is 13.1 Å². The minimum Gasteiger partial charge on any atom is -0.297 e. The summed E-state index contributed by atoms with van der Waals surface area (Å²) < 4.78 is 0. The Kier molecular flexibility index (Phi) is 2.41. The highest BCUT2D eigenvalue weighted by atomic mass is 16.7. The van der Waals surface area contributed by atoms with Gasteiger partial charge in [0, 0.05) is 13.1 Å². The summed E-state index contributed by atoms with van der Waals surface area (Å²) >= 11 is 0. The van der Waals surface area contributed by atoms with Gasteiger partial charge in [-0.3, -0.25) is 10.4 Å². The quantitative estimate of drug-likeness (QED) is 0.503. The van der Waals surface area contributed by atoms with Crippen molar-refractivity contribution >= 4 is 0 Å². The second-order valence-corrected chi connectivity index (χ2v) is 2.25. The maximum absolute atomic E-state index is 8.87. The fourth-order valence-electron chi connectivity index (χ4n) is 0.914. The lowest BCUT2D eigenvalue weighted by Gasteiger charge is -2.19. The zero-order chi connectivity index (χ0) is 6.69. The van der Waals surface area contributed by atoms with Crippen LogP contribution in [0.25, 0.3) is 0 Å². The van der Waals surface area contributed by atoms with Crippen LogP contribution in [0.5, 0.6) is 0 Å². The third kappa shape index (κ3) is 1.91. The van der Waals surface area contributed by atoms with Gasteiger partial charge in [-0.15, -0.1) is 10.3 Å². The first-order chi connectivity index (χ1) is 4.30. The van der Waals surface area contributed by atoms with Gasteiger partial charge in [-0.25, -0.2) is 0 Å². The Balaban J connectivity index is 2.32. The van der Waals surface area contributed by atoms with Crippen LogP contribution in [-0.4, -0.2) is 33.8 Å². The number of rotatable bonds is 0. The van der Waals surface area contributed by atoms with Crippen LogP contribution >= 0.6 is 0 Å². The monoisotopic (exact) mass is 132 g/mol. The summed E-state index contributed by atoms with van der Waals surface area (Å²) in [5, 5.41) is 19.4. The predicted octanol–water partition coefficient (Wildman–Crippen LogP) is 0.468. The summed E-state index contributed by atoms with van der Waals surface area (Å²) in [5.74, 6) is 0. The van der Waals surface area contributed by atoms with Crippen LogP contribution in [-0.2, 0) is 0 Å². The van der Waals surface area contributed by atoms with Crippen molar-refractivity contribution in [3.63, 3.8) is 0 Å². The number of nitrogens with zero attached hydrogens (tertiary/aromatic N) is 2. The molecule has 0 spiro atoms. The van der Waals surface area contributed by atoms with E-state index in [9.17, 15) is 0 Å². The van der Waals surface area contributed by atoms with E-state index in [1.54, 1.807) is 0 Å².